The Labute approximate surface area is 140 Å². The quantitative estimate of drug-likeness (QED) is 0.854. The SMILES string of the molecule is COCc1cccc(C(=O)Nc2cc(NC(C)=O)ccc2OC)c1. The molecule has 6 heteroatoms. The van der Waals surface area contributed by atoms with Crippen LogP contribution in [0.2, 0.25) is 0 Å². The molecular weight excluding hydrogens is 308 g/mol. The molecule has 0 aromatic heterocycles. The molecule has 0 radical (unpaired) electrons. The Morgan fingerprint density at radius 2 is 1.83 bits per heavy atom. The summed E-state index contributed by atoms with van der Waals surface area (Å²) in [6.45, 7) is 1.85. The molecule has 0 fully saturated rings. The maximum atomic E-state index is 12.5. The number of anilines is 2. The fourth-order valence-corrected chi connectivity index (χ4v) is 2.25. The number of ether oxygens (including phenoxy) is 2. The van der Waals surface area contributed by atoms with E-state index in [0.29, 0.717) is 29.3 Å². The van der Waals surface area contributed by atoms with E-state index in [1.807, 2.05) is 6.07 Å². The number of carbonyl (C=O) groups excluding carboxylic acids is 2. The van der Waals surface area contributed by atoms with Gasteiger partial charge in [0.25, 0.3) is 5.91 Å². The van der Waals surface area contributed by atoms with Gasteiger partial charge in [-0.2, -0.15) is 0 Å². The van der Waals surface area contributed by atoms with Gasteiger partial charge >= 0.3 is 0 Å². The molecule has 126 valence electrons. The number of benzene rings is 2. The van der Waals surface area contributed by atoms with Crippen molar-refractivity contribution in [3.8, 4) is 5.75 Å². The number of hydrogen-bond acceptors (Lipinski definition) is 4. The summed E-state index contributed by atoms with van der Waals surface area (Å²) < 4.78 is 10.3. The Kier molecular flexibility index (Phi) is 5.92. The highest BCUT2D eigenvalue weighted by atomic mass is 16.5. The summed E-state index contributed by atoms with van der Waals surface area (Å²) in [6.07, 6.45) is 0. The van der Waals surface area contributed by atoms with Crippen molar-refractivity contribution < 1.29 is 19.1 Å². The van der Waals surface area contributed by atoms with Crippen LogP contribution in [0.25, 0.3) is 0 Å². The van der Waals surface area contributed by atoms with Crippen LogP contribution >= 0.6 is 0 Å². The molecule has 0 aliphatic carbocycles. The van der Waals surface area contributed by atoms with Gasteiger partial charge in [0, 0.05) is 25.3 Å². The predicted molar refractivity (Wildman–Crippen MR) is 92.4 cm³/mol. The van der Waals surface area contributed by atoms with E-state index in [4.69, 9.17) is 9.47 Å². The van der Waals surface area contributed by atoms with Crippen molar-refractivity contribution in [2.24, 2.45) is 0 Å². The van der Waals surface area contributed by atoms with E-state index in [0.717, 1.165) is 5.56 Å². The van der Waals surface area contributed by atoms with Gasteiger partial charge in [-0.3, -0.25) is 9.59 Å². The smallest absolute Gasteiger partial charge is 0.255 e. The van der Waals surface area contributed by atoms with Gasteiger partial charge in [0.15, 0.2) is 0 Å². The molecule has 0 heterocycles. The molecule has 2 rings (SSSR count). The highest BCUT2D eigenvalue weighted by Crippen LogP contribution is 2.28. The Bertz CT molecular complexity index is 744. The summed E-state index contributed by atoms with van der Waals surface area (Å²) in [5.74, 6) is 0.0430. The molecule has 0 saturated carbocycles. The van der Waals surface area contributed by atoms with Gasteiger partial charge in [0.2, 0.25) is 5.91 Å². The molecule has 2 N–H and O–H groups in total. The Morgan fingerprint density at radius 1 is 1.04 bits per heavy atom. The van der Waals surface area contributed by atoms with Crippen LogP contribution in [0.1, 0.15) is 22.8 Å². The third-order valence-corrected chi connectivity index (χ3v) is 3.27. The van der Waals surface area contributed by atoms with Crippen LogP contribution in [0.4, 0.5) is 11.4 Å². The van der Waals surface area contributed by atoms with Crippen molar-refractivity contribution in [3.63, 3.8) is 0 Å². The van der Waals surface area contributed by atoms with Crippen LogP contribution in [0.15, 0.2) is 42.5 Å². The molecule has 6 nitrogen and oxygen atoms in total. The molecule has 2 amide bonds. The van der Waals surface area contributed by atoms with E-state index in [-0.39, 0.29) is 11.8 Å². The Balaban J connectivity index is 2.23. The molecule has 0 spiro atoms. The van der Waals surface area contributed by atoms with Gasteiger partial charge in [-0.25, -0.2) is 0 Å². The first-order valence-corrected chi connectivity index (χ1v) is 7.38. The maximum absolute atomic E-state index is 12.5. The minimum Gasteiger partial charge on any atom is -0.495 e. The molecule has 0 aliphatic heterocycles. The average molecular weight is 328 g/mol. The lowest BCUT2D eigenvalue weighted by Gasteiger charge is -2.13. The van der Waals surface area contributed by atoms with E-state index < -0.39 is 0 Å². The third-order valence-electron chi connectivity index (χ3n) is 3.27. The second kappa shape index (κ2) is 8.12. The van der Waals surface area contributed by atoms with Crippen molar-refractivity contribution in [3.05, 3.63) is 53.6 Å². The lowest BCUT2D eigenvalue weighted by molar-refractivity contribution is -0.114. The zero-order chi connectivity index (χ0) is 17.5. The molecular formula is C18H20N2O4. The summed E-state index contributed by atoms with van der Waals surface area (Å²) in [6, 6.07) is 12.2. The van der Waals surface area contributed by atoms with Gasteiger partial charge in [-0.15, -0.1) is 0 Å². The van der Waals surface area contributed by atoms with Crippen molar-refractivity contribution in [2.45, 2.75) is 13.5 Å². The molecule has 2 aromatic rings. The summed E-state index contributed by atoms with van der Waals surface area (Å²) in [5.41, 5.74) is 2.47. The summed E-state index contributed by atoms with van der Waals surface area (Å²) in [4.78, 5) is 23.7. The number of hydrogen-bond donors (Lipinski definition) is 2. The molecule has 2 aromatic carbocycles. The van der Waals surface area contributed by atoms with Gasteiger partial charge in [0.05, 0.1) is 19.4 Å². The van der Waals surface area contributed by atoms with Crippen molar-refractivity contribution in [2.75, 3.05) is 24.9 Å². The molecule has 0 aliphatic rings. The molecule has 0 bridgehead atoms. The zero-order valence-electron chi connectivity index (χ0n) is 13.9. The highest BCUT2D eigenvalue weighted by Gasteiger charge is 2.11. The normalized spacial score (nSPS) is 10.1. The standard InChI is InChI=1S/C18H20N2O4/c1-12(21)19-15-7-8-17(24-3)16(10-15)20-18(22)14-6-4-5-13(9-14)11-23-2/h4-10H,11H2,1-3H3,(H,19,21)(H,20,22). The first kappa shape index (κ1) is 17.5. The van der Waals surface area contributed by atoms with E-state index in [2.05, 4.69) is 10.6 Å². The lowest BCUT2D eigenvalue weighted by atomic mass is 10.1. The number of methoxy groups -OCH3 is 2. The second-order valence-corrected chi connectivity index (χ2v) is 5.18. The van der Waals surface area contributed by atoms with Crippen LogP contribution in [0, 0.1) is 0 Å². The number of nitrogens with one attached hydrogen (secondary N) is 2. The topological polar surface area (TPSA) is 76.7 Å². The first-order valence-electron chi connectivity index (χ1n) is 7.38. The van der Waals surface area contributed by atoms with Crippen LogP contribution in [0.3, 0.4) is 0 Å². The van der Waals surface area contributed by atoms with Crippen molar-refractivity contribution in [1.29, 1.82) is 0 Å². The summed E-state index contributed by atoms with van der Waals surface area (Å²) >= 11 is 0. The fraction of sp³-hybridized carbons (Fsp3) is 0.222. The van der Waals surface area contributed by atoms with Crippen molar-refractivity contribution >= 4 is 23.2 Å². The van der Waals surface area contributed by atoms with E-state index in [1.165, 1.54) is 14.0 Å². The predicted octanol–water partition coefficient (Wildman–Crippen LogP) is 3.05. The van der Waals surface area contributed by atoms with Gasteiger partial charge in [-0.1, -0.05) is 12.1 Å². The van der Waals surface area contributed by atoms with Crippen LogP contribution in [0.5, 0.6) is 5.75 Å². The van der Waals surface area contributed by atoms with Gasteiger partial charge in [-0.05, 0) is 35.9 Å². The molecule has 0 unspecified atom stereocenters. The summed E-state index contributed by atoms with van der Waals surface area (Å²) in [5, 5.41) is 5.48. The number of amides is 2. The van der Waals surface area contributed by atoms with Gasteiger partial charge < -0.3 is 20.1 Å². The van der Waals surface area contributed by atoms with Crippen LogP contribution in [-0.2, 0) is 16.1 Å². The third kappa shape index (κ3) is 4.57. The monoisotopic (exact) mass is 328 g/mol. The largest absolute Gasteiger partial charge is 0.495 e. The van der Waals surface area contributed by atoms with E-state index in [9.17, 15) is 9.59 Å². The fourth-order valence-electron chi connectivity index (χ4n) is 2.25. The minimum absolute atomic E-state index is 0.190. The average Bonchev–Trinajstić information content (AvgIpc) is 2.55. The zero-order valence-corrected chi connectivity index (χ0v) is 13.9. The number of rotatable bonds is 6. The number of carbonyl (C=O) groups is 2. The van der Waals surface area contributed by atoms with E-state index in [1.54, 1.807) is 43.5 Å². The van der Waals surface area contributed by atoms with Crippen LogP contribution < -0.4 is 15.4 Å². The van der Waals surface area contributed by atoms with E-state index >= 15 is 0 Å². The highest BCUT2D eigenvalue weighted by molar-refractivity contribution is 6.05. The van der Waals surface area contributed by atoms with Crippen LogP contribution in [-0.4, -0.2) is 26.0 Å². The maximum Gasteiger partial charge on any atom is 0.255 e. The first-order chi connectivity index (χ1) is 11.5. The molecule has 24 heavy (non-hydrogen) atoms. The molecule has 0 atom stereocenters. The summed E-state index contributed by atoms with van der Waals surface area (Å²) in [7, 11) is 3.12. The minimum atomic E-state index is -0.272. The molecule has 0 saturated heterocycles. The van der Waals surface area contributed by atoms with Gasteiger partial charge in [0.1, 0.15) is 5.75 Å². The lowest BCUT2D eigenvalue weighted by Crippen LogP contribution is -2.14. The Hall–Kier alpha value is -2.86. The Morgan fingerprint density at radius 3 is 2.50 bits per heavy atom. The van der Waals surface area contributed by atoms with Crippen molar-refractivity contribution in [1.82, 2.24) is 0 Å². The second-order valence-electron chi connectivity index (χ2n) is 5.18.